The lowest BCUT2D eigenvalue weighted by Crippen LogP contribution is -2.21. The Bertz CT molecular complexity index is 605. The molecular formula is C12H11F3N2O2. The van der Waals surface area contributed by atoms with E-state index in [1.807, 2.05) is 0 Å². The number of nitrogens with zero attached hydrogens (tertiary/aromatic N) is 2. The van der Waals surface area contributed by atoms with Crippen LogP contribution in [0, 0.1) is 0 Å². The molecule has 0 radical (unpaired) electrons. The summed E-state index contributed by atoms with van der Waals surface area (Å²) in [6, 6.07) is 6.44. The van der Waals surface area contributed by atoms with Gasteiger partial charge in [-0.2, -0.15) is 13.2 Å². The van der Waals surface area contributed by atoms with Crippen LogP contribution in [0.3, 0.4) is 0 Å². The second kappa shape index (κ2) is 4.91. The van der Waals surface area contributed by atoms with Gasteiger partial charge >= 0.3 is 12.1 Å². The van der Waals surface area contributed by atoms with Crippen LogP contribution in [0.25, 0.3) is 11.0 Å². The molecule has 1 aromatic carbocycles. The molecule has 1 aromatic heterocycles. The van der Waals surface area contributed by atoms with Crippen LogP contribution in [-0.4, -0.2) is 28.8 Å². The smallest absolute Gasteiger partial charge is 0.406 e. The first-order valence-electron chi connectivity index (χ1n) is 5.48. The minimum atomic E-state index is -4.38. The number of aromatic nitrogens is 2. The van der Waals surface area contributed by atoms with Crippen molar-refractivity contribution >= 4 is 17.0 Å². The first kappa shape index (κ1) is 13.4. The number of carbonyl (C=O) groups excluding carboxylic acids is 1. The van der Waals surface area contributed by atoms with Crippen LogP contribution in [0.4, 0.5) is 13.2 Å². The topological polar surface area (TPSA) is 44.1 Å². The molecule has 2 rings (SSSR count). The van der Waals surface area contributed by atoms with Gasteiger partial charge in [-0.1, -0.05) is 12.1 Å². The first-order valence-corrected chi connectivity index (χ1v) is 5.48. The second-order valence-electron chi connectivity index (χ2n) is 3.97. The van der Waals surface area contributed by atoms with Crippen LogP contribution >= 0.6 is 0 Å². The summed E-state index contributed by atoms with van der Waals surface area (Å²) in [5, 5.41) is 0. The van der Waals surface area contributed by atoms with Crippen molar-refractivity contribution in [2.24, 2.45) is 0 Å². The summed E-state index contributed by atoms with van der Waals surface area (Å²) in [5.74, 6) is -0.580. The van der Waals surface area contributed by atoms with E-state index in [4.69, 9.17) is 0 Å². The third-order valence-electron chi connectivity index (χ3n) is 2.60. The van der Waals surface area contributed by atoms with E-state index in [9.17, 15) is 18.0 Å². The second-order valence-corrected chi connectivity index (χ2v) is 3.97. The molecule has 2 aromatic rings. The molecule has 0 aliphatic carbocycles. The molecule has 0 aliphatic heterocycles. The lowest BCUT2D eigenvalue weighted by molar-refractivity contribution is -0.143. The highest BCUT2D eigenvalue weighted by Crippen LogP contribution is 2.23. The largest absolute Gasteiger partial charge is 0.469 e. The number of hydrogen-bond acceptors (Lipinski definition) is 3. The lowest BCUT2D eigenvalue weighted by Gasteiger charge is -2.11. The molecule has 7 heteroatoms. The molecule has 19 heavy (non-hydrogen) atoms. The van der Waals surface area contributed by atoms with Crippen molar-refractivity contribution in [3.05, 3.63) is 30.1 Å². The molecule has 0 aliphatic rings. The lowest BCUT2D eigenvalue weighted by atomic mass is 10.3. The zero-order valence-electron chi connectivity index (χ0n) is 10.1. The Morgan fingerprint density at radius 2 is 2.05 bits per heavy atom. The molecule has 1 heterocycles. The van der Waals surface area contributed by atoms with E-state index >= 15 is 0 Å². The number of carbonyl (C=O) groups is 1. The number of benzene rings is 1. The van der Waals surface area contributed by atoms with E-state index in [2.05, 4.69) is 9.72 Å². The zero-order valence-corrected chi connectivity index (χ0v) is 10.1. The fourth-order valence-electron chi connectivity index (χ4n) is 1.82. The fraction of sp³-hybridized carbons (Fsp3) is 0.333. The van der Waals surface area contributed by atoms with E-state index in [0.717, 1.165) is 4.57 Å². The van der Waals surface area contributed by atoms with Gasteiger partial charge in [0.1, 0.15) is 18.8 Å². The van der Waals surface area contributed by atoms with Crippen molar-refractivity contribution in [2.75, 3.05) is 7.11 Å². The highest BCUT2D eigenvalue weighted by atomic mass is 19.4. The van der Waals surface area contributed by atoms with E-state index in [1.54, 1.807) is 18.2 Å². The van der Waals surface area contributed by atoms with Crippen molar-refractivity contribution < 1.29 is 22.7 Å². The number of methoxy groups -OCH3 is 1. The number of rotatable bonds is 3. The Hall–Kier alpha value is -2.05. The summed E-state index contributed by atoms with van der Waals surface area (Å²) in [5.41, 5.74) is 0.768. The number of para-hydroxylation sites is 2. The summed E-state index contributed by atoms with van der Waals surface area (Å²) in [6.07, 6.45) is -4.67. The van der Waals surface area contributed by atoms with Crippen LogP contribution < -0.4 is 0 Å². The van der Waals surface area contributed by atoms with Gasteiger partial charge in [0.15, 0.2) is 0 Å². The highest BCUT2D eigenvalue weighted by Gasteiger charge is 2.30. The molecule has 0 N–H and O–H groups in total. The molecule has 0 spiro atoms. The molecule has 0 bridgehead atoms. The Morgan fingerprint density at radius 3 is 2.68 bits per heavy atom. The van der Waals surface area contributed by atoms with E-state index < -0.39 is 18.7 Å². The Kier molecular flexibility index (Phi) is 3.46. The van der Waals surface area contributed by atoms with Crippen molar-refractivity contribution in [2.45, 2.75) is 19.1 Å². The van der Waals surface area contributed by atoms with Gasteiger partial charge in [0.2, 0.25) is 0 Å². The van der Waals surface area contributed by atoms with E-state index in [-0.39, 0.29) is 12.2 Å². The SMILES string of the molecule is COC(=O)Cc1nc2ccccc2n1CC(F)(F)F. The molecule has 0 fully saturated rings. The summed E-state index contributed by atoms with van der Waals surface area (Å²) >= 11 is 0. The quantitative estimate of drug-likeness (QED) is 0.805. The average molecular weight is 272 g/mol. The third-order valence-corrected chi connectivity index (χ3v) is 2.60. The normalized spacial score (nSPS) is 11.8. The van der Waals surface area contributed by atoms with Gasteiger partial charge in [-0.3, -0.25) is 4.79 Å². The van der Waals surface area contributed by atoms with Crippen LogP contribution in [0.15, 0.2) is 24.3 Å². The zero-order chi connectivity index (χ0) is 14.0. The van der Waals surface area contributed by atoms with Gasteiger partial charge in [-0.05, 0) is 12.1 Å². The molecule has 0 amide bonds. The molecule has 4 nitrogen and oxygen atoms in total. The van der Waals surface area contributed by atoms with E-state index in [0.29, 0.717) is 11.0 Å². The fourth-order valence-corrected chi connectivity index (χ4v) is 1.82. The summed E-state index contributed by atoms with van der Waals surface area (Å²) in [7, 11) is 1.18. The van der Waals surface area contributed by atoms with Crippen molar-refractivity contribution in [1.29, 1.82) is 0 Å². The molecule has 0 unspecified atom stereocenters. The number of alkyl halides is 3. The maximum Gasteiger partial charge on any atom is 0.406 e. The number of esters is 1. The number of hydrogen-bond donors (Lipinski definition) is 0. The maximum absolute atomic E-state index is 12.6. The van der Waals surface area contributed by atoms with Crippen LogP contribution in [0.5, 0.6) is 0 Å². The van der Waals surface area contributed by atoms with Gasteiger partial charge in [0.25, 0.3) is 0 Å². The minimum Gasteiger partial charge on any atom is -0.469 e. The van der Waals surface area contributed by atoms with Gasteiger partial charge in [-0.15, -0.1) is 0 Å². The number of imidazole rings is 1. The van der Waals surface area contributed by atoms with E-state index in [1.165, 1.54) is 13.2 Å². The van der Waals surface area contributed by atoms with Gasteiger partial charge in [0.05, 0.1) is 18.1 Å². The summed E-state index contributed by atoms with van der Waals surface area (Å²) in [4.78, 5) is 15.3. The average Bonchev–Trinajstić information content (AvgIpc) is 2.65. The Balaban J connectivity index is 2.48. The molecule has 0 saturated carbocycles. The summed E-state index contributed by atoms with van der Waals surface area (Å²) < 4.78 is 43.2. The maximum atomic E-state index is 12.6. The van der Waals surface area contributed by atoms with Crippen LogP contribution in [0.2, 0.25) is 0 Å². The van der Waals surface area contributed by atoms with Crippen molar-refractivity contribution in [3.63, 3.8) is 0 Å². The predicted molar refractivity (Wildman–Crippen MR) is 61.5 cm³/mol. The first-order chi connectivity index (χ1) is 8.90. The molecule has 102 valence electrons. The van der Waals surface area contributed by atoms with Gasteiger partial charge in [-0.25, -0.2) is 4.98 Å². The van der Waals surface area contributed by atoms with Gasteiger partial charge < -0.3 is 9.30 Å². The third kappa shape index (κ3) is 3.04. The van der Waals surface area contributed by atoms with Crippen LogP contribution in [-0.2, 0) is 22.5 Å². The van der Waals surface area contributed by atoms with Crippen molar-refractivity contribution in [3.8, 4) is 0 Å². The standard InChI is InChI=1S/C12H11F3N2O2/c1-19-11(18)6-10-16-8-4-2-3-5-9(8)17(10)7-12(13,14)15/h2-5H,6-7H2,1H3. The number of fused-ring (bicyclic) bond motifs is 1. The minimum absolute atomic E-state index is 0.0466. The highest BCUT2D eigenvalue weighted by molar-refractivity contribution is 5.78. The number of halogens is 3. The molecule has 0 saturated heterocycles. The van der Waals surface area contributed by atoms with Crippen molar-refractivity contribution in [1.82, 2.24) is 9.55 Å². The number of ether oxygens (including phenoxy) is 1. The predicted octanol–water partition coefficient (Wildman–Crippen LogP) is 2.31. The molecule has 0 atom stereocenters. The van der Waals surface area contributed by atoms with Crippen LogP contribution in [0.1, 0.15) is 5.82 Å². The summed E-state index contributed by atoms with van der Waals surface area (Å²) in [6.45, 7) is -1.18. The Morgan fingerprint density at radius 1 is 1.37 bits per heavy atom. The van der Waals surface area contributed by atoms with Gasteiger partial charge in [0, 0.05) is 0 Å². The molecular weight excluding hydrogens is 261 g/mol. The monoisotopic (exact) mass is 272 g/mol. The Labute approximate surface area is 106 Å².